The molecule has 0 atom stereocenters. The van der Waals surface area contributed by atoms with Gasteiger partial charge in [0.15, 0.2) is 0 Å². The molecule has 2 aliphatic rings. The van der Waals surface area contributed by atoms with Crippen molar-refractivity contribution in [3.8, 4) is 0 Å². The number of anilines is 1. The molecule has 2 aromatic carbocycles. The Bertz CT molecular complexity index is 1120. The molecule has 0 N–H and O–H groups in total. The standard InChI is InChI=1S/C24H22ClN3O3/c25-20-6-2-1-4-18(20)15-28-23(29)19-5-3-7-21(22(19)24(28)30)27-11-9-26(10-12-27)14-17-8-13-31-16-17/h1-8,13,16H,9-12,14-15H2. The van der Waals surface area contributed by atoms with E-state index in [1.54, 1.807) is 24.7 Å². The fourth-order valence-electron chi connectivity index (χ4n) is 4.31. The van der Waals surface area contributed by atoms with Gasteiger partial charge >= 0.3 is 0 Å². The molecule has 5 rings (SSSR count). The molecule has 0 radical (unpaired) electrons. The van der Waals surface area contributed by atoms with E-state index in [1.165, 1.54) is 4.90 Å². The van der Waals surface area contributed by atoms with E-state index in [9.17, 15) is 9.59 Å². The summed E-state index contributed by atoms with van der Waals surface area (Å²) in [5, 5.41) is 0.549. The molecule has 0 aliphatic carbocycles. The zero-order chi connectivity index (χ0) is 21.4. The molecule has 0 bridgehead atoms. The highest BCUT2D eigenvalue weighted by atomic mass is 35.5. The Balaban J connectivity index is 1.34. The summed E-state index contributed by atoms with van der Waals surface area (Å²) in [5.41, 5.74) is 3.72. The van der Waals surface area contributed by atoms with Gasteiger partial charge in [0.2, 0.25) is 0 Å². The van der Waals surface area contributed by atoms with Crippen LogP contribution < -0.4 is 4.90 Å². The molecule has 1 aromatic heterocycles. The van der Waals surface area contributed by atoms with Crippen LogP contribution in [0.2, 0.25) is 5.02 Å². The molecule has 1 saturated heterocycles. The van der Waals surface area contributed by atoms with Crippen LogP contribution in [-0.2, 0) is 13.1 Å². The third-order valence-corrected chi connectivity index (χ3v) is 6.33. The Morgan fingerprint density at radius 1 is 0.871 bits per heavy atom. The second-order valence-corrected chi connectivity index (χ2v) is 8.29. The van der Waals surface area contributed by atoms with Crippen molar-refractivity contribution < 1.29 is 14.0 Å². The number of benzene rings is 2. The van der Waals surface area contributed by atoms with E-state index in [-0.39, 0.29) is 18.4 Å². The Labute approximate surface area is 185 Å². The number of hydrogen-bond acceptors (Lipinski definition) is 5. The number of imide groups is 1. The smallest absolute Gasteiger partial charge is 0.263 e. The first-order valence-corrected chi connectivity index (χ1v) is 10.7. The number of furan rings is 1. The van der Waals surface area contributed by atoms with Gasteiger partial charge in [-0.3, -0.25) is 19.4 Å². The van der Waals surface area contributed by atoms with Gasteiger partial charge in [-0.15, -0.1) is 0 Å². The molecular formula is C24H22ClN3O3. The summed E-state index contributed by atoms with van der Waals surface area (Å²) in [6, 6.07) is 14.8. The minimum absolute atomic E-state index is 0.171. The van der Waals surface area contributed by atoms with Crippen molar-refractivity contribution in [2.24, 2.45) is 0 Å². The van der Waals surface area contributed by atoms with Crippen molar-refractivity contribution in [2.75, 3.05) is 31.1 Å². The van der Waals surface area contributed by atoms with Gasteiger partial charge in [0, 0.05) is 43.3 Å². The molecule has 3 heterocycles. The van der Waals surface area contributed by atoms with E-state index in [0.717, 1.165) is 49.5 Å². The van der Waals surface area contributed by atoms with E-state index in [2.05, 4.69) is 9.80 Å². The summed E-state index contributed by atoms with van der Waals surface area (Å²) in [6.45, 7) is 4.35. The summed E-state index contributed by atoms with van der Waals surface area (Å²) in [5.74, 6) is -0.517. The van der Waals surface area contributed by atoms with Crippen LogP contribution in [0.15, 0.2) is 65.5 Å². The van der Waals surface area contributed by atoms with Crippen molar-refractivity contribution in [2.45, 2.75) is 13.1 Å². The molecule has 0 spiro atoms. The number of amides is 2. The molecule has 0 unspecified atom stereocenters. The van der Waals surface area contributed by atoms with Crippen LogP contribution in [0.1, 0.15) is 31.8 Å². The average molecular weight is 436 g/mol. The largest absolute Gasteiger partial charge is 0.472 e. The van der Waals surface area contributed by atoms with Crippen molar-refractivity contribution in [3.63, 3.8) is 0 Å². The summed E-state index contributed by atoms with van der Waals surface area (Å²) < 4.78 is 5.16. The molecule has 3 aromatic rings. The highest BCUT2D eigenvalue weighted by Gasteiger charge is 2.39. The van der Waals surface area contributed by atoms with Crippen molar-refractivity contribution >= 4 is 29.1 Å². The lowest BCUT2D eigenvalue weighted by molar-refractivity contribution is 0.0642. The number of fused-ring (bicyclic) bond motifs is 1. The summed E-state index contributed by atoms with van der Waals surface area (Å²) in [7, 11) is 0. The van der Waals surface area contributed by atoms with E-state index < -0.39 is 0 Å². The number of halogens is 1. The number of nitrogens with zero attached hydrogens (tertiary/aromatic N) is 3. The number of hydrogen-bond donors (Lipinski definition) is 0. The summed E-state index contributed by atoms with van der Waals surface area (Å²) >= 11 is 6.26. The first-order chi connectivity index (χ1) is 15.1. The maximum absolute atomic E-state index is 13.3. The Hall–Kier alpha value is -3.09. The SMILES string of the molecule is O=C1c2cccc(N3CCN(Cc4ccoc4)CC3)c2C(=O)N1Cc1ccccc1Cl. The van der Waals surface area contributed by atoms with Gasteiger partial charge in [0.05, 0.1) is 35.9 Å². The first-order valence-electron chi connectivity index (χ1n) is 10.3. The van der Waals surface area contributed by atoms with Crippen LogP contribution in [0.25, 0.3) is 0 Å². The predicted octanol–water partition coefficient (Wildman–Crippen LogP) is 4.05. The van der Waals surface area contributed by atoms with Crippen molar-refractivity contribution in [1.29, 1.82) is 0 Å². The first kappa shape index (κ1) is 19.8. The van der Waals surface area contributed by atoms with Crippen LogP contribution in [0.3, 0.4) is 0 Å². The lowest BCUT2D eigenvalue weighted by Crippen LogP contribution is -2.46. The van der Waals surface area contributed by atoms with E-state index in [4.69, 9.17) is 16.0 Å². The van der Waals surface area contributed by atoms with Gasteiger partial charge in [-0.1, -0.05) is 35.9 Å². The second-order valence-electron chi connectivity index (χ2n) is 7.88. The Kier molecular flexibility index (Phi) is 5.26. The third-order valence-electron chi connectivity index (χ3n) is 5.96. The van der Waals surface area contributed by atoms with Crippen LogP contribution in [0, 0.1) is 0 Å². The van der Waals surface area contributed by atoms with Crippen molar-refractivity contribution in [3.05, 3.63) is 88.3 Å². The zero-order valence-corrected chi connectivity index (χ0v) is 17.7. The normalized spacial score (nSPS) is 16.8. The topological polar surface area (TPSA) is 57.0 Å². The Morgan fingerprint density at radius 3 is 2.42 bits per heavy atom. The van der Waals surface area contributed by atoms with Gasteiger partial charge in [-0.05, 0) is 29.8 Å². The number of carbonyl (C=O) groups is 2. The molecular weight excluding hydrogens is 414 g/mol. The molecule has 158 valence electrons. The molecule has 31 heavy (non-hydrogen) atoms. The summed E-state index contributed by atoms with van der Waals surface area (Å²) in [6.07, 6.45) is 3.46. The highest BCUT2D eigenvalue weighted by Crippen LogP contribution is 2.34. The predicted molar refractivity (Wildman–Crippen MR) is 118 cm³/mol. The maximum Gasteiger partial charge on any atom is 0.263 e. The van der Waals surface area contributed by atoms with Gasteiger partial charge in [0.25, 0.3) is 11.8 Å². The minimum Gasteiger partial charge on any atom is -0.472 e. The van der Waals surface area contributed by atoms with Gasteiger partial charge in [-0.25, -0.2) is 0 Å². The highest BCUT2D eigenvalue weighted by molar-refractivity contribution is 6.31. The van der Waals surface area contributed by atoms with Gasteiger partial charge in [0.1, 0.15) is 0 Å². The zero-order valence-electron chi connectivity index (χ0n) is 17.0. The average Bonchev–Trinajstić information content (AvgIpc) is 3.38. The molecule has 2 amide bonds. The molecule has 7 heteroatoms. The lowest BCUT2D eigenvalue weighted by Gasteiger charge is -2.36. The van der Waals surface area contributed by atoms with Crippen LogP contribution in [0.4, 0.5) is 5.69 Å². The monoisotopic (exact) mass is 435 g/mol. The number of carbonyl (C=O) groups excluding carboxylic acids is 2. The van der Waals surface area contributed by atoms with Crippen molar-refractivity contribution in [1.82, 2.24) is 9.80 Å². The van der Waals surface area contributed by atoms with E-state index in [0.29, 0.717) is 16.1 Å². The quantitative estimate of drug-likeness (QED) is 0.566. The molecule has 1 fully saturated rings. The number of piperazine rings is 1. The molecule has 6 nitrogen and oxygen atoms in total. The fraction of sp³-hybridized carbons (Fsp3) is 0.250. The van der Waals surface area contributed by atoms with Crippen LogP contribution in [-0.4, -0.2) is 47.8 Å². The lowest BCUT2D eigenvalue weighted by atomic mass is 10.1. The number of rotatable bonds is 5. The van der Waals surface area contributed by atoms with Gasteiger partial charge < -0.3 is 9.32 Å². The maximum atomic E-state index is 13.3. The van der Waals surface area contributed by atoms with E-state index >= 15 is 0 Å². The van der Waals surface area contributed by atoms with Gasteiger partial charge in [-0.2, -0.15) is 0 Å². The minimum atomic E-state index is -0.264. The van der Waals surface area contributed by atoms with E-state index in [1.807, 2.05) is 36.4 Å². The fourth-order valence-corrected chi connectivity index (χ4v) is 4.50. The van der Waals surface area contributed by atoms with Crippen LogP contribution >= 0.6 is 11.6 Å². The molecule has 0 saturated carbocycles. The molecule has 2 aliphatic heterocycles. The van der Waals surface area contributed by atoms with Crippen LogP contribution in [0.5, 0.6) is 0 Å². The third kappa shape index (κ3) is 3.73. The second kappa shape index (κ2) is 8.21. The summed E-state index contributed by atoms with van der Waals surface area (Å²) in [4.78, 5) is 32.2. The Morgan fingerprint density at radius 2 is 1.68 bits per heavy atom.